The van der Waals surface area contributed by atoms with Gasteiger partial charge in [-0.25, -0.2) is 0 Å². The summed E-state index contributed by atoms with van der Waals surface area (Å²) in [4.78, 5) is 0. The number of nitrogens with zero attached hydrogens (tertiary/aromatic N) is 2. The molecule has 0 bridgehead atoms. The summed E-state index contributed by atoms with van der Waals surface area (Å²) in [5.41, 5.74) is 3.87. The lowest BCUT2D eigenvalue weighted by Crippen LogP contribution is -2.08. The van der Waals surface area contributed by atoms with Gasteiger partial charge in [0.05, 0.1) is 13.2 Å². The van der Waals surface area contributed by atoms with Gasteiger partial charge < -0.3 is 9.47 Å². The minimum absolute atomic E-state index is 0.230. The van der Waals surface area contributed by atoms with Crippen LogP contribution in [-0.2, 0) is 0 Å². The van der Waals surface area contributed by atoms with E-state index in [4.69, 9.17) is 9.47 Å². The molecule has 0 saturated heterocycles. The first-order valence-electron chi connectivity index (χ1n) is 11.2. The van der Waals surface area contributed by atoms with Crippen LogP contribution < -0.4 is 9.47 Å². The molecule has 32 heavy (non-hydrogen) atoms. The summed E-state index contributed by atoms with van der Waals surface area (Å²) in [5.74, 6) is 0.899. The second kappa shape index (κ2) is 11.6. The van der Waals surface area contributed by atoms with Crippen molar-refractivity contribution in [1.29, 1.82) is 10.5 Å². The van der Waals surface area contributed by atoms with Crippen LogP contribution in [0.2, 0.25) is 0 Å². The molecule has 0 spiro atoms. The summed E-state index contributed by atoms with van der Waals surface area (Å²) in [6, 6.07) is 24.2. The van der Waals surface area contributed by atoms with Crippen molar-refractivity contribution >= 4 is 0 Å². The SMILES string of the molecule is CCCCOc1c(C#N)c(C#N)c(OCCCC)c(-c2ccccc2)c1-c1ccccc1. The topological polar surface area (TPSA) is 66.0 Å². The number of benzene rings is 3. The van der Waals surface area contributed by atoms with E-state index in [0.717, 1.165) is 47.9 Å². The predicted molar refractivity (Wildman–Crippen MR) is 128 cm³/mol. The van der Waals surface area contributed by atoms with Crippen LogP contribution in [0.3, 0.4) is 0 Å². The van der Waals surface area contributed by atoms with Crippen LogP contribution in [0.4, 0.5) is 0 Å². The lowest BCUT2D eigenvalue weighted by atomic mass is 9.88. The first-order chi connectivity index (χ1) is 15.8. The Bertz CT molecular complexity index is 1020. The normalized spacial score (nSPS) is 10.2. The number of nitriles is 2. The van der Waals surface area contributed by atoms with Crippen molar-refractivity contribution in [1.82, 2.24) is 0 Å². The molecule has 0 heterocycles. The molecule has 0 aliphatic carbocycles. The minimum Gasteiger partial charge on any atom is -0.491 e. The van der Waals surface area contributed by atoms with E-state index < -0.39 is 0 Å². The van der Waals surface area contributed by atoms with Gasteiger partial charge in [0, 0.05) is 11.1 Å². The van der Waals surface area contributed by atoms with Crippen LogP contribution in [0.1, 0.15) is 50.7 Å². The predicted octanol–water partition coefficient (Wildman–Crippen LogP) is 7.12. The average Bonchev–Trinajstić information content (AvgIpc) is 2.85. The van der Waals surface area contributed by atoms with E-state index in [1.807, 2.05) is 60.7 Å². The van der Waals surface area contributed by atoms with E-state index in [0.29, 0.717) is 24.7 Å². The standard InChI is InChI=1S/C28H28N2O2/c1-3-5-17-31-27-23(19-29)24(20-30)28(32-18-6-4-2)26(22-15-11-8-12-16-22)25(27)21-13-9-7-10-14-21/h7-16H,3-6,17-18H2,1-2H3. The van der Waals surface area contributed by atoms with Gasteiger partial charge in [-0.3, -0.25) is 0 Å². The van der Waals surface area contributed by atoms with Gasteiger partial charge >= 0.3 is 0 Å². The fraction of sp³-hybridized carbons (Fsp3) is 0.286. The molecule has 0 aliphatic heterocycles. The van der Waals surface area contributed by atoms with Crippen LogP contribution in [-0.4, -0.2) is 13.2 Å². The van der Waals surface area contributed by atoms with E-state index in [2.05, 4.69) is 26.0 Å². The minimum atomic E-state index is 0.230. The quantitative estimate of drug-likeness (QED) is 0.325. The Hall–Kier alpha value is -3.76. The van der Waals surface area contributed by atoms with Gasteiger partial charge in [-0.15, -0.1) is 0 Å². The number of hydrogen-bond acceptors (Lipinski definition) is 4. The fourth-order valence-corrected chi connectivity index (χ4v) is 3.60. The number of ether oxygens (including phenoxy) is 2. The van der Waals surface area contributed by atoms with E-state index in [1.165, 1.54) is 0 Å². The first kappa shape index (κ1) is 22.9. The molecule has 0 amide bonds. The third kappa shape index (κ3) is 4.93. The molecule has 0 radical (unpaired) electrons. The molecule has 4 nitrogen and oxygen atoms in total. The highest BCUT2D eigenvalue weighted by Crippen LogP contribution is 2.49. The maximum Gasteiger partial charge on any atom is 0.147 e. The zero-order valence-electron chi connectivity index (χ0n) is 18.7. The molecule has 3 aromatic rings. The molecule has 0 unspecified atom stereocenters. The van der Waals surface area contributed by atoms with Crippen molar-refractivity contribution in [2.45, 2.75) is 39.5 Å². The van der Waals surface area contributed by atoms with Gasteiger partial charge in [-0.1, -0.05) is 87.4 Å². The third-order valence-corrected chi connectivity index (χ3v) is 5.25. The zero-order chi connectivity index (χ0) is 22.8. The van der Waals surface area contributed by atoms with Gasteiger partial charge in [-0.05, 0) is 24.0 Å². The summed E-state index contributed by atoms with van der Waals surface area (Å²) in [7, 11) is 0. The molecular formula is C28H28N2O2. The van der Waals surface area contributed by atoms with Crippen LogP contribution in [0, 0.1) is 22.7 Å². The van der Waals surface area contributed by atoms with Crippen LogP contribution >= 0.6 is 0 Å². The van der Waals surface area contributed by atoms with Crippen molar-refractivity contribution in [3.8, 4) is 45.9 Å². The molecule has 3 aromatic carbocycles. The zero-order valence-corrected chi connectivity index (χ0v) is 18.7. The van der Waals surface area contributed by atoms with Crippen LogP contribution in [0.5, 0.6) is 11.5 Å². The molecular weight excluding hydrogens is 396 g/mol. The fourth-order valence-electron chi connectivity index (χ4n) is 3.60. The lowest BCUT2D eigenvalue weighted by molar-refractivity contribution is 0.301. The molecule has 3 rings (SSSR count). The van der Waals surface area contributed by atoms with Crippen molar-refractivity contribution in [3.05, 3.63) is 71.8 Å². The monoisotopic (exact) mass is 424 g/mol. The number of hydrogen-bond donors (Lipinski definition) is 0. The number of unbranched alkanes of at least 4 members (excludes halogenated alkanes) is 2. The Labute approximate surface area is 190 Å². The smallest absolute Gasteiger partial charge is 0.147 e. The largest absolute Gasteiger partial charge is 0.491 e. The molecule has 0 fully saturated rings. The Balaban J connectivity index is 2.42. The molecule has 0 atom stereocenters. The van der Waals surface area contributed by atoms with Crippen LogP contribution in [0.15, 0.2) is 60.7 Å². The second-order valence-corrected chi connectivity index (χ2v) is 7.52. The van der Waals surface area contributed by atoms with Gasteiger partial charge in [0.2, 0.25) is 0 Å². The molecule has 0 aromatic heterocycles. The maximum atomic E-state index is 10.1. The first-order valence-corrected chi connectivity index (χ1v) is 11.2. The average molecular weight is 425 g/mol. The summed E-state index contributed by atoms with van der Waals surface area (Å²) >= 11 is 0. The Kier molecular flexibility index (Phi) is 8.29. The maximum absolute atomic E-state index is 10.1. The highest BCUT2D eigenvalue weighted by atomic mass is 16.5. The highest BCUT2D eigenvalue weighted by molar-refractivity contribution is 5.95. The summed E-state index contributed by atoms with van der Waals surface area (Å²) in [6.45, 7) is 5.13. The summed E-state index contributed by atoms with van der Waals surface area (Å²) in [6.07, 6.45) is 3.65. The number of rotatable bonds is 10. The van der Waals surface area contributed by atoms with E-state index in [-0.39, 0.29) is 11.1 Å². The van der Waals surface area contributed by atoms with Gasteiger partial charge in [-0.2, -0.15) is 10.5 Å². The van der Waals surface area contributed by atoms with Gasteiger partial charge in [0.15, 0.2) is 0 Å². The van der Waals surface area contributed by atoms with Crippen molar-refractivity contribution in [2.75, 3.05) is 13.2 Å². The molecule has 0 N–H and O–H groups in total. The summed E-state index contributed by atoms with van der Waals surface area (Å²) < 4.78 is 12.4. The Morgan fingerprint density at radius 2 is 1.00 bits per heavy atom. The molecule has 0 saturated carbocycles. The second-order valence-electron chi connectivity index (χ2n) is 7.52. The highest BCUT2D eigenvalue weighted by Gasteiger charge is 2.28. The molecule has 4 heteroatoms. The Morgan fingerprint density at radius 3 is 1.31 bits per heavy atom. The van der Waals surface area contributed by atoms with E-state index in [1.54, 1.807) is 0 Å². The van der Waals surface area contributed by atoms with Gasteiger partial charge in [0.1, 0.15) is 34.8 Å². The van der Waals surface area contributed by atoms with E-state index >= 15 is 0 Å². The van der Waals surface area contributed by atoms with E-state index in [9.17, 15) is 10.5 Å². The van der Waals surface area contributed by atoms with Crippen molar-refractivity contribution in [2.24, 2.45) is 0 Å². The Morgan fingerprint density at radius 1 is 0.625 bits per heavy atom. The van der Waals surface area contributed by atoms with Gasteiger partial charge in [0.25, 0.3) is 0 Å². The third-order valence-electron chi connectivity index (χ3n) is 5.25. The van der Waals surface area contributed by atoms with Crippen molar-refractivity contribution < 1.29 is 9.47 Å². The summed E-state index contributed by atoms with van der Waals surface area (Å²) in [5, 5.41) is 20.2. The molecule has 0 aliphatic rings. The lowest BCUT2D eigenvalue weighted by Gasteiger charge is -2.23. The molecule has 162 valence electrons. The van der Waals surface area contributed by atoms with Crippen molar-refractivity contribution in [3.63, 3.8) is 0 Å². The van der Waals surface area contributed by atoms with Crippen LogP contribution in [0.25, 0.3) is 22.3 Å².